The predicted molar refractivity (Wildman–Crippen MR) is 63.9 cm³/mol. The number of nitrogens with zero attached hydrogens (tertiary/aromatic N) is 2. The van der Waals surface area contributed by atoms with E-state index in [4.69, 9.17) is 33.0 Å². The molecule has 0 aromatic carbocycles. The van der Waals surface area contributed by atoms with Crippen molar-refractivity contribution in [2.45, 2.75) is 6.42 Å². The maximum Gasteiger partial charge on any atom is 0.485 e. The van der Waals surface area contributed by atoms with Crippen molar-refractivity contribution in [1.82, 2.24) is 4.67 Å². The van der Waals surface area contributed by atoms with Crippen molar-refractivity contribution < 1.29 is 19.6 Å². The first-order chi connectivity index (χ1) is 7.66. The molecule has 0 aromatic heterocycles. The number of rotatable bonds is 5. The Hall–Kier alpha value is 0.320. The molecule has 0 aliphatic carbocycles. The highest BCUT2D eigenvalue weighted by molar-refractivity contribution is 7.62. The second-order valence-electron chi connectivity index (χ2n) is 3.01. The molecule has 0 saturated carbocycles. The topological polar surface area (TPSA) is 74.5 Å². The van der Waals surface area contributed by atoms with Gasteiger partial charge in [-0.05, 0) is 4.76 Å². The number of hydrogen-bond acceptors (Lipinski definition) is 6. The van der Waals surface area contributed by atoms with Crippen molar-refractivity contribution in [3.8, 4) is 0 Å². The summed E-state index contributed by atoms with van der Waals surface area (Å²) in [6.07, 6.45) is 0.328. The van der Waals surface area contributed by atoms with Crippen LogP contribution in [0.4, 0.5) is 0 Å². The Morgan fingerprint density at radius 2 is 2.06 bits per heavy atom. The Balaban J connectivity index is 2.78. The van der Waals surface area contributed by atoms with Gasteiger partial charge in [0.1, 0.15) is 6.61 Å². The minimum Gasteiger partial charge on any atom is -0.320 e. The molecule has 1 aliphatic rings. The summed E-state index contributed by atoms with van der Waals surface area (Å²) < 4.78 is 10.7. The van der Waals surface area contributed by atoms with E-state index >= 15 is 0 Å². The monoisotopic (exact) mass is 291 g/mol. The van der Waals surface area contributed by atoms with E-state index in [0.717, 1.165) is 0 Å². The first kappa shape index (κ1) is 14.4. The summed E-state index contributed by atoms with van der Waals surface area (Å²) in [4.78, 5) is 14.3. The second-order valence-corrected chi connectivity index (χ2v) is 5.82. The second kappa shape index (κ2) is 6.91. The maximum atomic E-state index is 10.2. The van der Waals surface area contributed by atoms with Crippen molar-refractivity contribution in [2.24, 2.45) is 4.76 Å². The van der Waals surface area contributed by atoms with Gasteiger partial charge in [-0.2, -0.15) is 9.42 Å². The molecule has 0 bridgehead atoms. The highest BCUT2D eigenvalue weighted by Crippen LogP contribution is 2.62. The lowest BCUT2D eigenvalue weighted by Crippen LogP contribution is -2.31. The van der Waals surface area contributed by atoms with Crippen molar-refractivity contribution in [3.63, 3.8) is 0 Å². The van der Waals surface area contributed by atoms with Gasteiger partial charge in [0.25, 0.3) is 5.90 Å². The molecule has 1 heterocycles. The van der Waals surface area contributed by atoms with Crippen molar-refractivity contribution in [3.05, 3.63) is 0 Å². The largest absolute Gasteiger partial charge is 0.485 e. The summed E-state index contributed by atoms with van der Waals surface area (Å²) in [7, 11) is -3.11. The predicted octanol–water partition coefficient (Wildman–Crippen LogP) is 1.74. The molecule has 0 amide bonds. The summed E-state index contributed by atoms with van der Waals surface area (Å²) in [5, 5.41) is 8.51. The van der Waals surface area contributed by atoms with Gasteiger partial charge in [0.2, 0.25) is 0 Å². The molecule has 6 nitrogen and oxygen atoms in total. The van der Waals surface area contributed by atoms with Gasteiger partial charge in [-0.15, -0.1) is 27.9 Å². The van der Waals surface area contributed by atoms with Gasteiger partial charge < -0.3 is 4.89 Å². The molecule has 0 saturated heterocycles. The van der Waals surface area contributed by atoms with E-state index in [0.29, 0.717) is 31.3 Å². The minimum absolute atomic E-state index is 0.0660. The third-order valence-electron chi connectivity index (χ3n) is 1.98. The van der Waals surface area contributed by atoms with E-state index in [1.165, 1.54) is 0 Å². The Morgan fingerprint density at radius 3 is 2.56 bits per heavy atom. The fourth-order valence-corrected chi connectivity index (χ4v) is 3.73. The van der Waals surface area contributed by atoms with Gasteiger partial charge >= 0.3 is 8.02 Å². The molecular weight excluding hydrogens is 278 g/mol. The molecule has 0 spiro atoms. The molecule has 1 aliphatic heterocycles. The van der Waals surface area contributed by atoms with E-state index in [-0.39, 0.29) is 12.5 Å². The Labute approximate surface area is 104 Å². The third kappa shape index (κ3) is 3.67. The maximum absolute atomic E-state index is 10.2. The standard InChI is InChI=1S/C7H13Cl2N2O4P/c8-2-4-11(5-3-9)16(13)10-7(15-12)1-6-14-16/h13H,1-6H2/p+1. The highest BCUT2D eigenvalue weighted by Gasteiger charge is 2.50. The van der Waals surface area contributed by atoms with Gasteiger partial charge in [0, 0.05) is 11.8 Å². The molecular formula is C7H14Cl2N2O4P+. The molecule has 0 aromatic rings. The lowest BCUT2D eigenvalue weighted by molar-refractivity contribution is -0.158. The van der Waals surface area contributed by atoms with Crippen LogP contribution in [0.5, 0.6) is 0 Å². The van der Waals surface area contributed by atoms with Crippen LogP contribution in [0.15, 0.2) is 4.76 Å². The smallest absolute Gasteiger partial charge is 0.320 e. The van der Waals surface area contributed by atoms with Crippen LogP contribution in [-0.2, 0) is 9.41 Å². The van der Waals surface area contributed by atoms with Gasteiger partial charge in [0.05, 0.1) is 19.5 Å². The minimum atomic E-state index is -3.11. The zero-order valence-electron chi connectivity index (χ0n) is 8.55. The Morgan fingerprint density at radius 1 is 1.44 bits per heavy atom. The van der Waals surface area contributed by atoms with Gasteiger partial charge in [-0.25, -0.2) is 5.26 Å². The number of alkyl halides is 2. The number of halogens is 2. The summed E-state index contributed by atoms with van der Waals surface area (Å²) in [6, 6.07) is 0. The van der Waals surface area contributed by atoms with Crippen LogP contribution in [-0.4, -0.2) is 52.2 Å². The van der Waals surface area contributed by atoms with Crippen LogP contribution < -0.4 is 0 Å². The van der Waals surface area contributed by atoms with E-state index in [2.05, 4.69) is 9.65 Å². The summed E-state index contributed by atoms with van der Waals surface area (Å²) in [6.45, 7) is 1.05. The molecule has 1 rings (SSSR count). The van der Waals surface area contributed by atoms with Crippen molar-refractivity contribution in [2.75, 3.05) is 31.5 Å². The molecule has 16 heavy (non-hydrogen) atoms. The number of hydrogen-bond donors (Lipinski definition) is 2. The fourth-order valence-electron chi connectivity index (χ4n) is 1.26. The highest BCUT2D eigenvalue weighted by atomic mass is 35.5. The Bertz CT molecular complexity index is 253. The molecule has 1 atom stereocenters. The average molecular weight is 292 g/mol. The van der Waals surface area contributed by atoms with Crippen LogP contribution in [0.3, 0.4) is 0 Å². The van der Waals surface area contributed by atoms with Gasteiger partial charge in [-0.3, -0.25) is 0 Å². The lowest BCUT2D eigenvalue weighted by atomic mass is 10.5. The first-order valence-electron chi connectivity index (χ1n) is 4.70. The summed E-state index contributed by atoms with van der Waals surface area (Å²) in [5.74, 6) is 0.720. The van der Waals surface area contributed by atoms with Crippen LogP contribution >= 0.6 is 31.2 Å². The first-order valence-corrected chi connectivity index (χ1v) is 7.34. The quantitative estimate of drug-likeness (QED) is 0.349. The van der Waals surface area contributed by atoms with E-state index in [9.17, 15) is 4.89 Å². The molecule has 2 N–H and O–H groups in total. The average Bonchev–Trinajstić information content (AvgIpc) is 2.29. The van der Waals surface area contributed by atoms with Gasteiger partial charge in [0.15, 0.2) is 0 Å². The zero-order chi connectivity index (χ0) is 12.0. The Kier molecular flexibility index (Phi) is 6.21. The summed E-state index contributed by atoms with van der Waals surface area (Å²) >= 11 is 11.2. The molecule has 9 heteroatoms. The molecule has 1 unspecified atom stereocenters. The zero-order valence-corrected chi connectivity index (χ0v) is 11.0. The van der Waals surface area contributed by atoms with E-state index in [1.807, 2.05) is 0 Å². The van der Waals surface area contributed by atoms with Crippen LogP contribution in [0, 0.1) is 0 Å². The third-order valence-corrected chi connectivity index (χ3v) is 4.47. The molecule has 0 fully saturated rings. The van der Waals surface area contributed by atoms with Gasteiger partial charge in [-0.1, -0.05) is 0 Å². The summed E-state index contributed by atoms with van der Waals surface area (Å²) in [5.41, 5.74) is 0. The molecule has 0 radical (unpaired) electrons. The van der Waals surface area contributed by atoms with E-state index in [1.54, 1.807) is 4.67 Å². The lowest BCUT2D eigenvalue weighted by Gasteiger charge is -2.26. The molecule has 94 valence electrons. The van der Waals surface area contributed by atoms with E-state index < -0.39 is 8.02 Å². The normalized spacial score (nSPS) is 25.7. The van der Waals surface area contributed by atoms with Crippen LogP contribution in [0.1, 0.15) is 6.42 Å². The SMILES string of the molecule is OOC1=N[P+](O)(N(CCCl)CCCl)OCC1. The fraction of sp³-hybridized carbons (Fsp3) is 0.857. The van der Waals surface area contributed by atoms with Crippen LogP contribution in [0.2, 0.25) is 0 Å². The van der Waals surface area contributed by atoms with Crippen LogP contribution in [0.25, 0.3) is 0 Å². The van der Waals surface area contributed by atoms with Crippen molar-refractivity contribution in [1.29, 1.82) is 0 Å². The van der Waals surface area contributed by atoms with Crippen molar-refractivity contribution >= 4 is 37.1 Å².